The van der Waals surface area contributed by atoms with Crippen molar-refractivity contribution in [3.8, 4) is 0 Å². The Kier molecular flexibility index (Phi) is 2.06. The van der Waals surface area contributed by atoms with E-state index in [1.54, 1.807) is 0 Å². The summed E-state index contributed by atoms with van der Waals surface area (Å²) in [6.45, 7) is 0. The molecule has 0 aromatic heterocycles. The molecule has 15 heavy (non-hydrogen) atoms. The molecule has 0 heteroatoms. The van der Waals surface area contributed by atoms with Crippen LogP contribution in [0.25, 0.3) is 0 Å². The van der Waals surface area contributed by atoms with Crippen molar-refractivity contribution in [2.75, 3.05) is 0 Å². The third kappa shape index (κ3) is 1.56. The summed E-state index contributed by atoms with van der Waals surface area (Å²) >= 11 is 0. The summed E-state index contributed by atoms with van der Waals surface area (Å²) in [4.78, 5) is 0. The van der Waals surface area contributed by atoms with Crippen molar-refractivity contribution in [3.05, 3.63) is 71.3 Å². The van der Waals surface area contributed by atoms with E-state index in [4.69, 9.17) is 0 Å². The molecule has 3 rings (SSSR count). The van der Waals surface area contributed by atoms with Gasteiger partial charge in [0.05, 0.1) is 0 Å². The van der Waals surface area contributed by atoms with Crippen LogP contribution in [-0.4, -0.2) is 0 Å². The molecule has 0 aliphatic heterocycles. The molecule has 1 aliphatic carbocycles. The Bertz CT molecular complexity index is 431. The van der Waals surface area contributed by atoms with Gasteiger partial charge in [0.25, 0.3) is 0 Å². The Morgan fingerprint density at radius 3 is 1.80 bits per heavy atom. The molecule has 74 valence electrons. The van der Waals surface area contributed by atoms with Crippen LogP contribution >= 0.6 is 0 Å². The van der Waals surface area contributed by atoms with Gasteiger partial charge in [0.1, 0.15) is 0 Å². The summed E-state index contributed by atoms with van der Waals surface area (Å²) in [5.74, 6) is 0.698. The zero-order valence-electron chi connectivity index (χ0n) is 8.69. The SMILES string of the molecule is c1ccc(C2Cc3ccccc3C2)cc1. The van der Waals surface area contributed by atoms with Gasteiger partial charge in [-0.2, -0.15) is 0 Å². The third-order valence-corrected chi connectivity index (χ3v) is 3.32. The van der Waals surface area contributed by atoms with Crippen molar-refractivity contribution in [1.82, 2.24) is 0 Å². The van der Waals surface area contributed by atoms with Gasteiger partial charge in [-0.1, -0.05) is 54.6 Å². The zero-order valence-corrected chi connectivity index (χ0v) is 8.69. The summed E-state index contributed by atoms with van der Waals surface area (Å²) in [6.07, 6.45) is 2.42. The van der Waals surface area contributed by atoms with E-state index in [0.717, 1.165) is 0 Å². The molecule has 0 nitrogen and oxygen atoms in total. The van der Waals surface area contributed by atoms with Crippen LogP contribution in [0.5, 0.6) is 0 Å². The Labute approximate surface area is 90.6 Å². The van der Waals surface area contributed by atoms with E-state index in [0.29, 0.717) is 5.92 Å². The highest BCUT2D eigenvalue weighted by Gasteiger charge is 2.21. The molecule has 0 heterocycles. The topological polar surface area (TPSA) is 0 Å². The van der Waals surface area contributed by atoms with Crippen LogP contribution in [0.2, 0.25) is 0 Å². The fourth-order valence-electron chi connectivity index (χ4n) is 2.52. The monoisotopic (exact) mass is 194 g/mol. The third-order valence-electron chi connectivity index (χ3n) is 3.32. The van der Waals surface area contributed by atoms with Crippen molar-refractivity contribution >= 4 is 0 Å². The molecule has 0 N–H and O–H groups in total. The maximum Gasteiger partial charge on any atom is -0.00808 e. The van der Waals surface area contributed by atoms with Gasteiger partial charge >= 0.3 is 0 Å². The van der Waals surface area contributed by atoms with Gasteiger partial charge in [-0.15, -0.1) is 0 Å². The second kappa shape index (κ2) is 3.54. The van der Waals surface area contributed by atoms with Crippen molar-refractivity contribution in [3.63, 3.8) is 0 Å². The number of rotatable bonds is 1. The number of fused-ring (bicyclic) bond motifs is 1. The van der Waals surface area contributed by atoms with E-state index in [1.165, 1.54) is 29.5 Å². The highest BCUT2D eigenvalue weighted by molar-refractivity contribution is 5.37. The minimum Gasteiger partial charge on any atom is -0.0622 e. The van der Waals surface area contributed by atoms with E-state index in [2.05, 4.69) is 54.6 Å². The largest absolute Gasteiger partial charge is 0.0622 e. The molecular weight excluding hydrogens is 180 g/mol. The molecule has 0 saturated carbocycles. The molecular formula is C15H14. The van der Waals surface area contributed by atoms with Gasteiger partial charge in [-0.25, -0.2) is 0 Å². The van der Waals surface area contributed by atoms with Crippen molar-refractivity contribution in [1.29, 1.82) is 0 Å². The first kappa shape index (κ1) is 8.72. The summed E-state index contributed by atoms with van der Waals surface area (Å²) in [5, 5.41) is 0. The van der Waals surface area contributed by atoms with Crippen LogP contribution in [0.1, 0.15) is 22.6 Å². The quantitative estimate of drug-likeness (QED) is 0.651. The van der Waals surface area contributed by atoms with Gasteiger partial charge in [-0.3, -0.25) is 0 Å². The lowest BCUT2D eigenvalue weighted by atomic mass is 9.96. The second-order valence-electron chi connectivity index (χ2n) is 4.28. The van der Waals surface area contributed by atoms with Crippen LogP contribution in [0.3, 0.4) is 0 Å². The highest BCUT2D eigenvalue weighted by atomic mass is 14.3. The van der Waals surface area contributed by atoms with Crippen LogP contribution < -0.4 is 0 Å². The Balaban J connectivity index is 1.91. The van der Waals surface area contributed by atoms with E-state index in [9.17, 15) is 0 Å². The van der Waals surface area contributed by atoms with Gasteiger partial charge in [-0.05, 0) is 35.4 Å². The Morgan fingerprint density at radius 2 is 1.20 bits per heavy atom. The van der Waals surface area contributed by atoms with E-state index in [-0.39, 0.29) is 0 Å². The molecule has 2 aromatic rings. The maximum absolute atomic E-state index is 2.26. The van der Waals surface area contributed by atoms with Crippen LogP contribution in [0.4, 0.5) is 0 Å². The number of hydrogen-bond acceptors (Lipinski definition) is 0. The molecule has 0 atom stereocenters. The zero-order chi connectivity index (χ0) is 10.1. The van der Waals surface area contributed by atoms with Gasteiger partial charge < -0.3 is 0 Å². The molecule has 2 aromatic carbocycles. The lowest BCUT2D eigenvalue weighted by Crippen LogP contribution is -1.96. The van der Waals surface area contributed by atoms with Crippen LogP contribution in [0, 0.1) is 0 Å². The summed E-state index contributed by atoms with van der Waals surface area (Å²) < 4.78 is 0. The van der Waals surface area contributed by atoms with Crippen LogP contribution in [-0.2, 0) is 12.8 Å². The molecule has 0 fully saturated rings. The molecule has 0 spiro atoms. The fraction of sp³-hybridized carbons (Fsp3) is 0.200. The molecule has 0 amide bonds. The molecule has 0 radical (unpaired) electrons. The second-order valence-corrected chi connectivity index (χ2v) is 4.28. The number of hydrogen-bond donors (Lipinski definition) is 0. The van der Waals surface area contributed by atoms with E-state index >= 15 is 0 Å². The smallest absolute Gasteiger partial charge is 0.00808 e. The standard InChI is InChI=1S/C15H14/c1-2-6-12(7-3-1)15-10-13-8-4-5-9-14(13)11-15/h1-9,15H,10-11H2. The summed E-state index contributed by atoms with van der Waals surface area (Å²) in [7, 11) is 0. The first-order valence-corrected chi connectivity index (χ1v) is 5.55. The normalized spacial score (nSPS) is 15.2. The Hall–Kier alpha value is -1.56. The van der Waals surface area contributed by atoms with Crippen molar-refractivity contribution < 1.29 is 0 Å². The molecule has 0 bridgehead atoms. The lowest BCUT2D eigenvalue weighted by Gasteiger charge is -2.08. The first-order valence-electron chi connectivity index (χ1n) is 5.55. The van der Waals surface area contributed by atoms with Gasteiger partial charge in [0.15, 0.2) is 0 Å². The predicted octanol–water partition coefficient (Wildman–Crippen LogP) is 3.57. The molecule has 1 aliphatic rings. The highest BCUT2D eigenvalue weighted by Crippen LogP contribution is 2.33. The maximum atomic E-state index is 2.26. The van der Waals surface area contributed by atoms with Crippen molar-refractivity contribution in [2.45, 2.75) is 18.8 Å². The van der Waals surface area contributed by atoms with Gasteiger partial charge in [0, 0.05) is 0 Å². The van der Waals surface area contributed by atoms with E-state index < -0.39 is 0 Å². The van der Waals surface area contributed by atoms with E-state index in [1.807, 2.05) is 0 Å². The summed E-state index contributed by atoms with van der Waals surface area (Å²) in [5.41, 5.74) is 4.55. The first-order chi connectivity index (χ1) is 7.43. The Morgan fingerprint density at radius 1 is 0.667 bits per heavy atom. The lowest BCUT2D eigenvalue weighted by molar-refractivity contribution is 0.742. The van der Waals surface area contributed by atoms with Gasteiger partial charge in [0.2, 0.25) is 0 Å². The van der Waals surface area contributed by atoms with Crippen molar-refractivity contribution in [2.24, 2.45) is 0 Å². The summed E-state index contributed by atoms with van der Waals surface area (Å²) in [6, 6.07) is 19.7. The fourth-order valence-corrected chi connectivity index (χ4v) is 2.52. The average molecular weight is 194 g/mol. The minimum atomic E-state index is 0.698. The number of benzene rings is 2. The van der Waals surface area contributed by atoms with Crippen LogP contribution in [0.15, 0.2) is 54.6 Å². The molecule has 0 unspecified atom stereocenters. The molecule has 0 saturated heterocycles. The average Bonchev–Trinajstić information content (AvgIpc) is 2.74. The minimum absolute atomic E-state index is 0.698. The predicted molar refractivity (Wildman–Crippen MR) is 63.0 cm³/mol.